The van der Waals surface area contributed by atoms with E-state index in [0.29, 0.717) is 12.4 Å². The maximum Gasteiger partial charge on any atom is 0.276 e. The summed E-state index contributed by atoms with van der Waals surface area (Å²) in [5, 5.41) is 6.49. The van der Waals surface area contributed by atoms with Gasteiger partial charge >= 0.3 is 0 Å². The number of hydrogen-bond donors (Lipinski definition) is 3. The van der Waals surface area contributed by atoms with Gasteiger partial charge in [-0.2, -0.15) is 0 Å². The summed E-state index contributed by atoms with van der Waals surface area (Å²) < 4.78 is 27.3. The SMILES string of the molecule is O=C(Nc1c(F)cccc1F)c1cnc(NCCc2c[nH]c3ccccc23)cn1. The van der Waals surface area contributed by atoms with Gasteiger partial charge in [-0.1, -0.05) is 24.3 Å². The molecule has 2 aromatic carbocycles. The standard InChI is InChI=1S/C21H17F2N5O/c22-15-5-3-6-16(23)20(15)28-21(29)18-11-27-19(12-26-18)24-9-8-13-10-25-17-7-2-1-4-14(13)17/h1-7,10-12,25H,8-9H2,(H,24,27)(H,28,29). The average Bonchev–Trinajstić information content (AvgIpc) is 3.14. The quantitative estimate of drug-likeness (QED) is 0.460. The molecule has 0 unspecified atom stereocenters. The topological polar surface area (TPSA) is 82.7 Å². The lowest BCUT2D eigenvalue weighted by Crippen LogP contribution is -2.16. The van der Waals surface area contributed by atoms with Gasteiger partial charge < -0.3 is 15.6 Å². The molecule has 4 aromatic rings. The molecule has 29 heavy (non-hydrogen) atoms. The molecule has 3 N–H and O–H groups in total. The predicted molar refractivity (Wildman–Crippen MR) is 107 cm³/mol. The van der Waals surface area contributed by atoms with Crippen molar-refractivity contribution in [2.75, 3.05) is 17.2 Å². The van der Waals surface area contributed by atoms with E-state index in [1.807, 2.05) is 24.4 Å². The van der Waals surface area contributed by atoms with Crippen LogP contribution in [0, 0.1) is 11.6 Å². The molecule has 0 atom stereocenters. The Hall–Kier alpha value is -3.81. The highest BCUT2D eigenvalue weighted by molar-refractivity contribution is 6.02. The number of aromatic amines is 1. The number of hydrogen-bond acceptors (Lipinski definition) is 4. The fourth-order valence-corrected chi connectivity index (χ4v) is 3.00. The number of amides is 1. The number of rotatable bonds is 6. The number of nitrogens with zero attached hydrogens (tertiary/aromatic N) is 2. The molecule has 2 aromatic heterocycles. The van der Waals surface area contributed by atoms with Crippen LogP contribution in [0.3, 0.4) is 0 Å². The molecule has 0 bridgehead atoms. The number of para-hydroxylation sites is 2. The van der Waals surface area contributed by atoms with Crippen molar-refractivity contribution in [1.29, 1.82) is 0 Å². The molecule has 0 saturated carbocycles. The third-order valence-corrected chi connectivity index (χ3v) is 4.46. The molecule has 146 valence electrons. The second kappa shape index (κ2) is 8.05. The summed E-state index contributed by atoms with van der Waals surface area (Å²) in [4.78, 5) is 23.5. The molecule has 0 aliphatic rings. The van der Waals surface area contributed by atoms with E-state index in [9.17, 15) is 13.6 Å². The predicted octanol–water partition coefficient (Wildman–Crippen LogP) is 4.14. The third-order valence-electron chi connectivity index (χ3n) is 4.46. The summed E-state index contributed by atoms with van der Waals surface area (Å²) in [6.07, 6.45) is 5.41. The van der Waals surface area contributed by atoms with E-state index in [2.05, 4.69) is 31.7 Å². The Labute approximate surface area is 165 Å². The van der Waals surface area contributed by atoms with Crippen molar-refractivity contribution in [3.8, 4) is 0 Å². The zero-order valence-electron chi connectivity index (χ0n) is 15.2. The number of nitrogens with one attached hydrogen (secondary N) is 3. The van der Waals surface area contributed by atoms with E-state index in [4.69, 9.17) is 0 Å². The highest BCUT2D eigenvalue weighted by atomic mass is 19.1. The van der Waals surface area contributed by atoms with Crippen molar-refractivity contribution in [3.05, 3.63) is 83.9 Å². The first-order valence-corrected chi connectivity index (χ1v) is 8.98. The van der Waals surface area contributed by atoms with Crippen LogP contribution in [0.25, 0.3) is 10.9 Å². The molecule has 0 aliphatic heterocycles. The first kappa shape index (κ1) is 18.5. The zero-order valence-corrected chi connectivity index (χ0v) is 15.2. The second-order valence-corrected chi connectivity index (χ2v) is 6.37. The van der Waals surface area contributed by atoms with Crippen molar-refractivity contribution in [1.82, 2.24) is 15.0 Å². The molecule has 0 saturated heterocycles. The summed E-state index contributed by atoms with van der Waals surface area (Å²) in [5.74, 6) is -1.96. The lowest BCUT2D eigenvalue weighted by atomic mass is 10.1. The first-order chi connectivity index (χ1) is 14.1. The van der Waals surface area contributed by atoms with Crippen molar-refractivity contribution < 1.29 is 13.6 Å². The van der Waals surface area contributed by atoms with Crippen molar-refractivity contribution >= 4 is 28.3 Å². The minimum Gasteiger partial charge on any atom is -0.368 e. The molecule has 0 radical (unpaired) electrons. The largest absolute Gasteiger partial charge is 0.368 e. The van der Waals surface area contributed by atoms with Crippen LogP contribution in [0.5, 0.6) is 0 Å². The lowest BCUT2D eigenvalue weighted by molar-refractivity contribution is 0.102. The van der Waals surface area contributed by atoms with Gasteiger partial charge in [-0.25, -0.2) is 18.7 Å². The summed E-state index contributed by atoms with van der Waals surface area (Å²) >= 11 is 0. The van der Waals surface area contributed by atoms with Crippen LogP contribution in [0.15, 0.2) is 61.1 Å². The minimum absolute atomic E-state index is 0.0465. The van der Waals surface area contributed by atoms with Gasteiger partial charge in [-0.3, -0.25) is 4.79 Å². The van der Waals surface area contributed by atoms with Gasteiger partial charge in [-0.15, -0.1) is 0 Å². The van der Waals surface area contributed by atoms with Crippen molar-refractivity contribution in [2.45, 2.75) is 6.42 Å². The van der Waals surface area contributed by atoms with E-state index >= 15 is 0 Å². The van der Waals surface area contributed by atoms with Crippen LogP contribution in [0.4, 0.5) is 20.3 Å². The second-order valence-electron chi connectivity index (χ2n) is 6.37. The van der Waals surface area contributed by atoms with E-state index in [1.54, 1.807) is 0 Å². The maximum atomic E-state index is 13.6. The molecule has 8 heteroatoms. The molecule has 1 amide bonds. The average molecular weight is 393 g/mol. The van der Waals surface area contributed by atoms with Crippen LogP contribution in [0.2, 0.25) is 0 Å². The Morgan fingerprint density at radius 3 is 2.55 bits per heavy atom. The Balaban J connectivity index is 1.36. The Kier molecular flexibility index (Phi) is 5.15. The Morgan fingerprint density at radius 2 is 1.79 bits per heavy atom. The number of carbonyl (C=O) groups excluding carboxylic acids is 1. The molecule has 0 spiro atoms. The highest BCUT2D eigenvalue weighted by Gasteiger charge is 2.14. The molecule has 2 heterocycles. The number of halogens is 2. The van der Waals surface area contributed by atoms with E-state index in [0.717, 1.165) is 24.1 Å². The Bertz CT molecular complexity index is 1140. The fourth-order valence-electron chi connectivity index (χ4n) is 3.00. The van der Waals surface area contributed by atoms with Crippen LogP contribution in [0.1, 0.15) is 16.1 Å². The van der Waals surface area contributed by atoms with Gasteiger partial charge in [0.25, 0.3) is 5.91 Å². The summed E-state index contributed by atoms with van der Waals surface area (Å²) in [7, 11) is 0. The van der Waals surface area contributed by atoms with E-state index in [-0.39, 0.29) is 5.69 Å². The normalized spacial score (nSPS) is 10.8. The van der Waals surface area contributed by atoms with Crippen LogP contribution in [-0.4, -0.2) is 27.4 Å². The van der Waals surface area contributed by atoms with Gasteiger partial charge in [0.1, 0.15) is 28.8 Å². The van der Waals surface area contributed by atoms with Crippen LogP contribution < -0.4 is 10.6 Å². The number of H-pyrrole nitrogens is 1. The maximum absolute atomic E-state index is 13.6. The third kappa shape index (κ3) is 4.06. The minimum atomic E-state index is -0.859. The monoisotopic (exact) mass is 393 g/mol. The molecule has 6 nitrogen and oxygen atoms in total. The van der Waals surface area contributed by atoms with Gasteiger partial charge in [0.05, 0.1) is 12.4 Å². The van der Waals surface area contributed by atoms with Crippen LogP contribution in [-0.2, 0) is 6.42 Å². The van der Waals surface area contributed by atoms with Crippen molar-refractivity contribution in [2.24, 2.45) is 0 Å². The highest BCUT2D eigenvalue weighted by Crippen LogP contribution is 2.19. The molecule has 0 fully saturated rings. The molecule has 4 rings (SSSR count). The molecular weight excluding hydrogens is 376 g/mol. The molecular formula is C21H17F2N5O. The lowest BCUT2D eigenvalue weighted by Gasteiger charge is -2.08. The number of aromatic nitrogens is 3. The van der Waals surface area contributed by atoms with Gasteiger partial charge in [0, 0.05) is 23.6 Å². The number of fused-ring (bicyclic) bond motifs is 1. The number of carbonyl (C=O) groups is 1. The van der Waals surface area contributed by atoms with Gasteiger partial charge in [-0.05, 0) is 30.2 Å². The zero-order chi connectivity index (χ0) is 20.2. The summed E-state index contributed by atoms with van der Waals surface area (Å²) in [6, 6.07) is 11.4. The summed E-state index contributed by atoms with van der Waals surface area (Å²) in [6.45, 7) is 0.627. The van der Waals surface area contributed by atoms with E-state index < -0.39 is 23.2 Å². The van der Waals surface area contributed by atoms with Gasteiger partial charge in [0.2, 0.25) is 0 Å². The number of benzene rings is 2. The van der Waals surface area contributed by atoms with Gasteiger partial charge in [0.15, 0.2) is 0 Å². The first-order valence-electron chi connectivity index (χ1n) is 8.98. The smallest absolute Gasteiger partial charge is 0.276 e. The fraction of sp³-hybridized carbons (Fsp3) is 0.0952. The summed E-state index contributed by atoms with van der Waals surface area (Å²) in [5.41, 5.74) is 1.71. The van der Waals surface area contributed by atoms with E-state index in [1.165, 1.54) is 29.4 Å². The van der Waals surface area contributed by atoms with Crippen LogP contribution >= 0.6 is 0 Å². The Morgan fingerprint density at radius 1 is 1.00 bits per heavy atom. The number of anilines is 2. The molecule has 0 aliphatic carbocycles. The van der Waals surface area contributed by atoms with Crippen molar-refractivity contribution in [3.63, 3.8) is 0 Å².